The molecule has 2 rings (SSSR count). The molecule has 7 heteroatoms. The third-order valence-corrected chi connectivity index (χ3v) is 4.22. The number of hydrogen-bond acceptors (Lipinski definition) is 4. The fourth-order valence-electron chi connectivity index (χ4n) is 3.08. The minimum absolute atomic E-state index is 0.117. The van der Waals surface area contributed by atoms with Gasteiger partial charge in [-0.15, -0.1) is 0 Å². The largest absolute Gasteiger partial charge is 0.481 e. The lowest BCUT2D eigenvalue weighted by Gasteiger charge is -2.28. The number of carbonyl (C=O) groups is 2. The van der Waals surface area contributed by atoms with E-state index in [9.17, 15) is 9.59 Å². The van der Waals surface area contributed by atoms with Crippen LogP contribution < -0.4 is 5.32 Å². The summed E-state index contributed by atoms with van der Waals surface area (Å²) in [4.78, 5) is 23.6. The highest BCUT2D eigenvalue weighted by Crippen LogP contribution is 2.19. The molecule has 1 amide bonds. The number of carboxylic acid groups (broad SMARTS) is 1. The van der Waals surface area contributed by atoms with Gasteiger partial charge in [-0.2, -0.15) is 5.10 Å². The second-order valence-corrected chi connectivity index (χ2v) is 6.69. The van der Waals surface area contributed by atoms with Crippen molar-refractivity contribution in [3.63, 3.8) is 0 Å². The summed E-state index contributed by atoms with van der Waals surface area (Å²) in [5, 5.41) is 16.4. The first-order chi connectivity index (χ1) is 12.3. The van der Waals surface area contributed by atoms with E-state index in [1.54, 1.807) is 6.92 Å². The van der Waals surface area contributed by atoms with Crippen LogP contribution in [0.15, 0.2) is 30.3 Å². The highest BCUT2D eigenvalue weighted by molar-refractivity contribution is 5.81. The Bertz CT molecular complexity index is 786. The maximum Gasteiger partial charge on any atom is 0.305 e. The number of nitrogens with zero attached hydrogens (tertiary/aromatic N) is 2. The minimum Gasteiger partial charge on any atom is -0.481 e. The monoisotopic (exact) mass is 359 g/mol. The molecule has 1 unspecified atom stereocenters. The predicted octanol–water partition coefficient (Wildman–Crippen LogP) is 2.03. The van der Waals surface area contributed by atoms with Crippen LogP contribution in [0.25, 0.3) is 5.69 Å². The molecule has 0 saturated carbocycles. The molecule has 0 saturated heterocycles. The van der Waals surface area contributed by atoms with Crippen LogP contribution in [-0.2, 0) is 20.7 Å². The molecule has 1 atom stereocenters. The van der Waals surface area contributed by atoms with Crippen LogP contribution in [-0.4, -0.2) is 46.0 Å². The molecule has 0 radical (unpaired) electrons. The average molecular weight is 359 g/mol. The molecule has 1 heterocycles. The summed E-state index contributed by atoms with van der Waals surface area (Å²) in [6.07, 6.45) is -0.0861. The van der Waals surface area contributed by atoms with E-state index in [0.717, 1.165) is 22.6 Å². The summed E-state index contributed by atoms with van der Waals surface area (Å²) in [5.41, 5.74) is 2.45. The normalized spacial score (nSPS) is 13.2. The molecular formula is C19H25N3O4. The van der Waals surface area contributed by atoms with Gasteiger partial charge in [-0.1, -0.05) is 18.2 Å². The van der Waals surface area contributed by atoms with Gasteiger partial charge >= 0.3 is 5.97 Å². The molecule has 0 aliphatic rings. The first-order valence-electron chi connectivity index (χ1n) is 8.38. The summed E-state index contributed by atoms with van der Waals surface area (Å²) in [5.74, 6) is -1.25. The third kappa shape index (κ3) is 4.70. The van der Waals surface area contributed by atoms with Gasteiger partial charge in [0, 0.05) is 18.4 Å². The van der Waals surface area contributed by atoms with Crippen molar-refractivity contribution in [3.05, 3.63) is 47.3 Å². The number of benzene rings is 1. The van der Waals surface area contributed by atoms with Crippen LogP contribution in [0.1, 0.15) is 30.3 Å². The highest BCUT2D eigenvalue weighted by atomic mass is 16.5. The molecule has 0 fully saturated rings. The molecule has 0 bridgehead atoms. The average Bonchev–Trinajstić information content (AvgIpc) is 2.83. The standard InChI is InChI=1S/C19H25N3O4/c1-13-16(14(2)22(21-13)15-8-6-5-7-9-15)10-17(23)20-19(3,12-26-4)11-18(24)25/h5-9H,10-12H2,1-4H3,(H,20,23)(H,24,25). The van der Waals surface area contributed by atoms with Crippen molar-refractivity contribution in [2.45, 2.75) is 39.2 Å². The van der Waals surface area contributed by atoms with Crippen molar-refractivity contribution in [1.29, 1.82) is 0 Å². The second-order valence-electron chi connectivity index (χ2n) is 6.69. The van der Waals surface area contributed by atoms with E-state index in [4.69, 9.17) is 9.84 Å². The molecule has 0 aliphatic heterocycles. The Balaban J connectivity index is 2.19. The van der Waals surface area contributed by atoms with Gasteiger partial charge in [-0.05, 0) is 32.9 Å². The fraction of sp³-hybridized carbons (Fsp3) is 0.421. The molecule has 140 valence electrons. The van der Waals surface area contributed by atoms with Gasteiger partial charge < -0.3 is 15.2 Å². The highest BCUT2D eigenvalue weighted by Gasteiger charge is 2.30. The number of aryl methyl sites for hydroxylation is 1. The van der Waals surface area contributed by atoms with Gasteiger partial charge in [0.15, 0.2) is 0 Å². The van der Waals surface area contributed by atoms with Crippen LogP contribution in [0.3, 0.4) is 0 Å². The SMILES string of the molecule is COCC(C)(CC(=O)O)NC(=O)Cc1c(C)nn(-c2ccccc2)c1C. The molecule has 0 aliphatic carbocycles. The Morgan fingerprint density at radius 2 is 1.92 bits per heavy atom. The predicted molar refractivity (Wildman–Crippen MR) is 97.4 cm³/mol. The first-order valence-corrected chi connectivity index (χ1v) is 8.38. The minimum atomic E-state index is -0.992. The number of aromatic nitrogens is 2. The first kappa shape index (κ1) is 19.7. The lowest BCUT2D eigenvalue weighted by molar-refractivity contribution is -0.139. The number of nitrogens with one attached hydrogen (secondary N) is 1. The molecule has 2 N–H and O–H groups in total. The number of amides is 1. The number of carboxylic acids is 1. The molecule has 0 spiro atoms. The molecule has 1 aromatic carbocycles. The van der Waals surface area contributed by atoms with Crippen molar-refractivity contribution in [2.75, 3.05) is 13.7 Å². The Hall–Kier alpha value is -2.67. The summed E-state index contributed by atoms with van der Waals surface area (Å²) >= 11 is 0. The van der Waals surface area contributed by atoms with Crippen LogP contribution in [0.4, 0.5) is 0 Å². The van der Waals surface area contributed by atoms with Crippen LogP contribution in [0.2, 0.25) is 0 Å². The number of methoxy groups -OCH3 is 1. The molecule has 7 nitrogen and oxygen atoms in total. The van der Waals surface area contributed by atoms with Crippen molar-refractivity contribution in [2.24, 2.45) is 0 Å². The Morgan fingerprint density at radius 1 is 1.27 bits per heavy atom. The zero-order valence-electron chi connectivity index (χ0n) is 15.6. The lowest BCUT2D eigenvalue weighted by Crippen LogP contribution is -2.51. The number of hydrogen-bond donors (Lipinski definition) is 2. The van der Waals surface area contributed by atoms with Crippen molar-refractivity contribution < 1.29 is 19.4 Å². The third-order valence-electron chi connectivity index (χ3n) is 4.22. The number of para-hydroxylation sites is 1. The van der Waals surface area contributed by atoms with Gasteiger partial charge in [0.2, 0.25) is 5.91 Å². The zero-order valence-corrected chi connectivity index (χ0v) is 15.6. The van der Waals surface area contributed by atoms with E-state index in [2.05, 4.69) is 10.4 Å². The van der Waals surface area contributed by atoms with Gasteiger partial charge in [0.05, 0.1) is 36.4 Å². The Kier molecular flexibility index (Phi) is 6.15. The molecule has 1 aromatic heterocycles. The smallest absolute Gasteiger partial charge is 0.305 e. The number of carbonyl (C=O) groups excluding carboxylic acids is 1. The van der Waals surface area contributed by atoms with E-state index in [0.29, 0.717) is 0 Å². The molecule has 2 aromatic rings. The summed E-state index contributed by atoms with van der Waals surface area (Å²) < 4.78 is 6.88. The Morgan fingerprint density at radius 3 is 2.50 bits per heavy atom. The number of aliphatic carboxylic acids is 1. The van der Waals surface area contributed by atoms with E-state index in [-0.39, 0.29) is 25.4 Å². The quantitative estimate of drug-likeness (QED) is 0.752. The maximum absolute atomic E-state index is 12.5. The van der Waals surface area contributed by atoms with Crippen molar-refractivity contribution >= 4 is 11.9 Å². The van der Waals surface area contributed by atoms with Gasteiger partial charge in [-0.25, -0.2) is 4.68 Å². The summed E-state index contributed by atoms with van der Waals surface area (Å²) in [6, 6.07) is 9.70. The van der Waals surface area contributed by atoms with E-state index >= 15 is 0 Å². The maximum atomic E-state index is 12.5. The van der Waals surface area contributed by atoms with Gasteiger partial charge in [-0.3, -0.25) is 9.59 Å². The van der Waals surface area contributed by atoms with E-state index < -0.39 is 11.5 Å². The van der Waals surface area contributed by atoms with E-state index in [1.165, 1.54) is 7.11 Å². The molecular weight excluding hydrogens is 334 g/mol. The van der Waals surface area contributed by atoms with Crippen LogP contribution >= 0.6 is 0 Å². The fourth-order valence-corrected chi connectivity index (χ4v) is 3.08. The number of ether oxygens (including phenoxy) is 1. The zero-order chi connectivity index (χ0) is 19.3. The summed E-state index contributed by atoms with van der Waals surface area (Å²) in [7, 11) is 1.48. The van der Waals surface area contributed by atoms with Crippen molar-refractivity contribution in [1.82, 2.24) is 15.1 Å². The Labute approximate surface area is 153 Å². The topological polar surface area (TPSA) is 93.4 Å². The second kappa shape index (κ2) is 8.14. The van der Waals surface area contributed by atoms with Crippen molar-refractivity contribution in [3.8, 4) is 5.69 Å². The lowest BCUT2D eigenvalue weighted by atomic mass is 9.98. The van der Waals surface area contributed by atoms with Crippen LogP contribution in [0.5, 0.6) is 0 Å². The van der Waals surface area contributed by atoms with Gasteiger partial charge in [0.25, 0.3) is 0 Å². The number of rotatable bonds is 8. The molecule has 26 heavy (non-hydrogen) atoms. The summed E-state index contributed by atoms with van der Waals surface area (Å²) in [6.45, 7) is 5.56. The van der Waals surface area contributed by atoms with E-state index in [1.807, 2.05) is 48.9 Å². The van der Waals surface area contributed by atoms with Gasteiger partial charge in [0.1, 0.15) is 0 Å². The van der Waals surface area contributed by atoms with Crippen LogP contribution in [0, 0.1) is 13.8 Å².